The first-order valence-corrected chi connectivity index (χ1v) is 10.5. The smallest absolute Gasteiger partial charge is 0.255 e. The van der Waals surface area contributed by atoms with Crippen LogP contribution in [0.2, 0.25) is 0 Å². The molecule has 0 radical (unpaired) electrons. The molecule has 0 heterocycles. The molecule has 0 bridgehead atoms. The van der Waals surface area contributed by atoms with Gasteiger partial charge in [-0.05, 0) is 54.8 Å². The summed E-state index contributed by atoms with van der Waals surface area (Å²) in [5.41, 5.74) is 2.54. The first-order valence-electron chi connectivity index (χ1n) is 8.98. The fourth-order valence-corrected chi connectivity index (χ4v) is 4.09. The van der Waals surface area contributed by atoms with Crippen molar-refractivity contribution in [2.75, 3.05) is 5.32 Å². The summed E-state index contributed by atoms with van der Waals surface area (Å²) < 4.78 is 41.5. The molecule has 0 aliphatic heterocycles. The molecule has 0 unspecified atom stereocenters. The Morgan fingerprint density at radius 3 is 2.34 bits per heavy atom. The Balaban J connectivity index is 1.83. The third kappa shape index (κ3) is 5.07. The highest BCUT2D eigenvalue weighted by Crippen LogP contribution is 2.20. The van der Waals surface area contributed by atoms with Gasteiger partial charge in [-0.3, -0.25) is 4.79 Å². The molecule has 150 valence electrons. The van der Waals surface area contributed by atoms with Gasteiger partial charge in [0, 0.05) is 17.8 Å². The van der Waals surface area contributed by atoms with Crippen LogP contribution in [0, 0.1) is 19.7 Å². The van der Waals surface area contributed by atoms with Crippen molar-refractivity contribution in [3.63, 3.8) is 0 Å². The van der Waals surface area contributed by atoms with Crippen molar-refractivity contribution in [3.05, 3.63) is 94.8 Å². The van der Waals surface area contributed by atoms with Crippen molar-refractivity contribution >= 4 is 21.6 Å². The molecule has 0 aliphatic carbocycles. The van der Waals surface area contributed by atoms with E-state index in [4.69, 9.17) is 0 Å². The van der Waals surface area contributed by atoms with Gasteiger partial charge in [0.25, 0.3) is 5.91 Å². The molecule has 0 aliphatic rings. The molecule has 0 spiro atoms. The molecule has 0 aromatic heterocycles. The molecule has 0 fully saturated rings. The van der Waals surface area contributed by atoms with Crippen LogP contribution in [0.15, 0.2) is 71.6 Å². The number of aryl methyl sites for hydroxylation is 2. The SMILES string of the molecule is Cc1ccc(F)cc1NC(=O)c1ccc(C)c(S(=O)(=O)NCc2ccccc2)c1. The Morgan fingerprint density at radius 1 is 0.931 bits per heavy atom. The maximum atomic E-state index is 13.5. The number of anilines is 1. The minimum absolute atomic E-state index is 0.0250. The molecule has 3 aromatic rings. The van der Waals surface area contributed by atoms with Crippen molar-refractivity contribution in [2.24, 2.45) is 0 Å². The van der Waals surface area contributed by atoms with E-state index in [1.165, 1.54) is 24.3 Å². The molecule has 0 saturated carbocycles. The van der Waals surface area contributed by atoms with Crippen LogP contribution in [0.5, 0.6) is 0 Å². The van der Waals surface area contributed by atoms with Crippen molar-refractivity contribution in [2.45, 2.75) is 25.3 Å². The van der Waals surface area contributed by atoms with E-state index in [-0.39, 0.29) is 17.0 Å². The average Bonchev–Trinajstić information content (AvgIpc) is 2.70. The van der Waals surface area contributed by atoms with E-state index in [1.54, 1.807) is 26.0 Å². The molecule has 7 heteroatoms. The van der Waals surface area contributed by atoms with Gasteiger partial charge in [0.15, 0.2) is 0 Å². The number of hydrogen-bond donors (Lipinski definition) is 2. The molecule has 1 amide bonds. The van der Waals surface area contributed by atoms with Gasteiger partial charge < -0.3 is 5.32 Å². The fraction of sp³-hybridized carbons (Fsp3) is 0.136. The van der Waals surface area contributed by atoms with E-state index in [9.17, 15) is 17.6 Å². The standard InChI is InChI=1S/C22H21FN2O3S/c1-15-9-11-19(23)13-20(15)25-22(26)18-10-8-16(2)21(12-18)29(27,28)24-14-17-6-4-3-5-7-17/h3-13,24H,14H2,1-2H3,(H,25,26). The van der Waals surface area contributed by atoms with Gasteiger partial charge in [0.2, 0.25) is 10.0 Å². The highest BCUT2D eigenvalue weighted by atomic mass is 32.2. The lowest BCUT2D eigenvalue weighted by Gasteiger charge is -2.12. The van der Waals surface area contributed by atoms with Crippen LogP contribution >= 0.6 is 0 Å². The third-order valence-electron chi connectivity index (χ3n) is 4.50. The van der Waals surface area contributed by atoms with E-state index in [0.717, 1.165) is 5.56 Å². The number of carbonyl (C=O) groups is 1. The topological polar surface area (TPSA) is 75.3 Å². The monoisotopic (exact) mass is 412 g/mol. The Bertz CT molecular complexity index is 1150. The average molecular weight is 412 g/mol. The zero-order valence-corrected chi connectivity index (χ0v) is 16.9. The van der Waals surface area contributed by atoms with Crippen LogP contribution in [0.1, 0.15) is 27.0 Å². The third-order valence-corrected chi connectivity index (χ3v) is 6.04. The number of amides is 1. The van der Waals surface area contributed by atoms with Crippen molar-refractivity contribution in [3.8, 4) is 0 Å². The van der Waals surface area contributed by atoms with E-state index >= 15 is 0 Å². The summed E-state index contributed by atoms with van der Waals surface area (Å²) in [5.74, 6) is -0.985. The highest BCUT2D eigenvalue weighted by Gasteiger charge is 2.19. The summed E-state index contributed by atoms with van der Waals surface area (Å²) in [7, 11) is -3.82. The van der Waals surface area contributed by atoms with Gasteiger partial charge in [-0.25, -0.2) is 17.5 Å². The quantitative estimate of drug-likeness (QED) is 0.638. The summed E-state index contributed by atoms with van der Waals surface area (Å²) in [6, 6.07) is 17.7. The molecule has 5 nitrogen and oxygen atoms in total. The van der Waals surface area contributed by atoms with Gasteiger partial charge in [0.05, 0.1) is 4.90 Å². The van der Waals surface area contributed by atoms with E-state index in [0.29, 0.717) is 16.8 Å². The number of nitrogens with one attached hydrogen (secondary N) is 2. The molecule has 3 rings (SSSR count). The maximum Gasteiger partial charge on any atom is 0.255 e. The molecular formula is C22H21FN2O3S. The van der Waals surface area contributed by atoms with E-state index in [1.807, 2.05) is 30.3 Å². The van der Waals surface area contributed by atoms with Crippen LogP contribution in [-0.2, 0) is 16.6 Å². The predicted octanol–water partition coefficient (Wildman–Crippen LogP) is 4.17. The lowest BCUT2D eigenvalue weighted by molar-refractivity contribution is 0.102. The molecule has 2 N–H and O–H groups in total. The number of halogens is 1. The second-order valence-corrected chi connectivity index (χ2v) is 8.44. The van der Waals surface area contributed by atoms with Crippen LogP contribution < -0.4 is 10.0 Å². The Morgan fingerprint density at radius 2 is 1.62 bits per heavy atom. The Kier molecular flexibility index (Phi) is 6.10. The summed E-state index contributed by atoms with van der Waals surface area (Å²) in [4.78, 5) is 12.6. The number of hydrogen-bond acceptors (Lipinski definition) is 3. The fourth-order valence-electron chi connectivity index (χ4n) is 2.81. The zero-order valence-electron chi connectivity index (χ0n) is 16.1. The summed E-state index contributed by atoms with van der Waals surface area (Å²) in [6.07, 6.45) is 0. The van der Waals surface area contributed by atoms with Crippen LogP contribution in [0.3, 0.4) is 0 Å². The van der Waals surface area contributed by atoms with E-state index < -0.39 is 21.7 Å². The van der Waals surface area contributed by atoms with Gasteiger partial charge in [0.1, 0.15) is 5.82 Å². The molecule has 3 aromatic carbocycles. The molecule has 0 saturated heterocycles. The van der Waals surface area contributed by atoms with Crippen molar-refractivity contribution in [1.29, 1.82) is 0 Å². The number of benzene rings is 3. The first kappa shape index (κ1) is 20.7. The number of carbonyl (C=O) groups excluding carboxylic acids is 1. The van der Waals surface area contributed by atoms with Crippen LogP contribution in [0.25, 0.3) is 0 Å². The van der Waals surface area contributed by atoms with Gasteiger partial charge in [-0.2, -0.15) is 0 Å². The Labute approximate surface area is 169 Å². The maximum absolute atomic E-state index is 13.5. The van der Waals surface area contributed by atoms with Gasteiger partial charge in [-0.1, -0.05) is 42.5 Å². The summed E-state index contributed by atoms with van der Waals surface area (Å²) >= 11 is 0. The zero-order chi connectivity index (χ0) is 21.0. The highest BCUT2D eigenvalue weighted by molar-refractivity contribution is 7.89. The minimum atomic E-state index is -3.82. The van der Waals surface area contributed by atoms with Crippen molar-refractivity contribution < 1.29 is 17.6 Å². The van der Waals surface area contributed by atoms with Gasteiger partial charge in [-0.15, -0.1) is 0 Å². The lowest BCUT2D eigenvalue weighted by atomic mass is 10.1. The number of sulfonamides is 1. The summed E-state index contributed by atoms with van der Waals surface area (Å²) in [5, 5.41) is 2.63. The normalized spacial score (nSPS) is 11.3. The molecular weight excluding hydrogens is 391 g/mol. The first-order chi connectivity index (χ1) is 13.8. The van der Waals surface area contributed by atoms with Crippen LogP contribution in [0.4, 0.5) is 10.1 Å². The van der Waals surface area contributed by atoms with Crippen LogP contribution in [-0.4, -0.2) is 14.3 Å². The summed E-state index contributed by atoms with van der Waals surface area (Å²) in [6.45, 7) is 3.55. The largest absolute Gasteiger partial charge is 0.322 e. The van der Waals surface area contributed by atoms with E-state index in [2.05, 4.69) is 10.0 Å². The Hall–Kier alpha value is -3.03. The number of rotatable bonds is 6. The molecule has 0 atom stereocenters. The second-order valence-electron chi connectivity index (χ2n) is 6.70. The molecule has 29 heavy (non-hydrogen) atoms. The van der Waals surface area contributed by atoms with Gasteiger partial charge >= 0.3 is 0 Å². The predicted molar refractivity (Wildman–Crippen MR) is 111 cm³/mol. The van der Waals surface area contributed by atoms with Crippen molar-refractivity contribution in [1.82, 2.24) is 4.72 Å². The second kappa shape index (κ2) is 8.55. The minimum Gasteiger partial charge on any atom is -0.322 e. The lowest BCUT2D eigenvalue weighted by Crippen LogP contribution is -2.24.